The highest BCUT2D eigenvalue weighted by molar-refractivity contribution is 6.09. The Morgan fingerprint density at radius 3 is 2.42 bits per heavy atom. The van der Waals surface area contributed by atoms with Gasteiger partial charge in [0, 0.05) is 12.5 Å². The summed E-state index contributed by atoms with van der Waals surface area (Å²) in [5.74, 6) is -1.43. The molecule has 1 N–H and O–H groups in total. The summed E-state index contributed by atoms with van der Waals surface area (Å²) >= 11 is 0. The first-order valence-corrected chi connectivity index (χ1v) is 10.5. The van der Waals surface area contributed by atoms with Crippen LogP contribution in [-0.2, 0) is 16.0 Å². The molecule has 1 aliphatic heterocycles. The highest BCUT2D eigenvalue weighted by Gasteiger charge is 2.43. The number of nitrogens with zero attached hydrogens (tertiary/aromatic N) is 1. The maximum Gasteiger partial charge on any atom is 0.290 e. The van der Waals surface area contributed by atoms with E-state index < -0.39 is 17.7 Å². The first-order valence-electron chi connectivity index (χ1n) is 10.5. The number of carbonyl (C=O) groups excluding carboxylic acids is 2. The topological polar surface area (TPSA) is 66.8 Å². The summed E-state index contributed by atoms with van der Waals surface area (Å²) in [6, 6.07) is 12.6. The van der Waals surface area contributed by atoms with Crippen molar-refractivity contribution in [2.45, 2.75) is 46.3 Å². The van der Waals surface area contributed by atoms with Gasteiger partial charge in [-0.1, -0.05) is 38.1 Å². The molecule has 2 aromatic carbocycles. The fourth-order valence-electron chi connectivity index (χ4n) is 3.72. The first-order chi connectivity index (χ1) is 14.7. The number of benzene rings is 2. The van der Waals surface area contributed by atoms with E-state index in [1.54, 1.807) is 32.0 Å². The van der Waals surface area contributed by atoms with Gasteiger partial charge in [-0.05, 0) is 55.7 Å². The zero-order chi connectivity index (χ0) is 22.7. The molecular formula is C25H28FNO4. The molecule has 0 radical (unpaired) electrons. The Balaban J connectivity index is 1.98. The van der Waals surface area contributed by atoms with Crippen LogP contribution in [0, 0.1) is 11.7 Å². The Hall–Kier alpha value is -3.15. The number of hydrogen-bond donors (Lipinski definition) is 1. The Morgan fingerprint density at radius 2 is 1.81 bits per heavy atom. The van der Waals surface area contributed by atoms with Crippen molar-refractivity contribution < 1.29 is 23.8 Å². The van der Waals surface area contributed by atoms with Crippen LogP contribution in [0.1, 0.15) is 44.9 Å². The molecule has 164 valence electrons. The summed E-state index contributed by atoms with van der Waals surface area (Å²) in [6.45, 7) is 7.58. The molecule has 0 saturated carbocycles. The van der Waals surface area contributed by atoms with Crippen LogP contribution in [0.4, 0.5) is 4.39 Å². The van der Waals surface area contributed by atoms with Gasteiger partial charge in [0.15, 0.2) is 11.5 Å². The zero-order valence-corrected chi connectivity index (χ0v) is 18.3. The summed E-state index contributed by atoms with van der Waals surface area (Å²) in [7, 11) is 0. The number of hydrogen-bond acceptors (Lipinski definition) is 4. The number of aliphatic hydroxyl groups excluding tert-OH is 1. The summed E-state index contributed by atoms with van der Waals surface area (Å²) in [4.78, 5) is 27.4. The third kappa shape index (κ3) is 4.95. The van der Waals surface area contributed by atoms with Gasteiger partial charge in [0.25, 0.3) is 5.91 Å². The van der Waals surface area contributed by atoms with E-state index in [0.717, 1.165) is 5.56 Å². The minimum absolute atomic E-state index is 0.0317. The van der Waals surface area contributed by atoms with Gasteiger partial charge >= 0.3 is 0 Å². The molecule has 0 spiro atoms. The number of Topliss-reactive ketones (excluding diaryl/α,β-unsaturated/α-hetero) is 1. The van der Waals surface area contributed by atoms with E-state index in [1.165, 1.54) is 17.0 Å². The van der Waals surface area contributed by atoms with Crippen LogP contribution >= 0.6 is 0 Å². The van der Waals surface area contributed by atoms with Crippen molar-refractivity contribution in [1.82, 2.24) is 4.90 Å². The summed E-state index contributed by atoms with van der Waals surface area (Å²) in [5.41, 5.74) is 1.66. The first kappa shape index (κ1) is 22.5. The largest absolute Gasteiger partial charge is 0.503 e. The van der Waals surface area contributed by atoms with Crippen molar-refractivity contribution in [3.63, 3.8) is 0 Å². The average Bonchev–Trinajstić information content (AvgIpc) is 2.97. The molecule has 1 atom stereocenters. The van der Waals surface area contributed by atoms with Gasteiger partial charge < -0.3 is 14.7 Å². The molecule has 3 rings (SSSR count). The number of ether oxygens (including phenoxy) is 1. The second-order valence-electron chi connectivity index (χ2n) is 8.30. The van der Waals surface area contributed by atoms with Gasteiger partial charge in [-0.15, -0.1) is 0 Å². The van der Waals surface area contributed by atoms with E-state index in [0.29, 0.717) is 17.7 Å². The van der Waals surface area contributed by atoms with Gasteiger partial charge in [-0.3, -0.25) is 9.59 Å². The lowest BCUT2D eigenvalue weighted by Gasteiger charge is -2.28. The predicted molar refractivity (Wildman–Crippen MR) is 116 cm³/mol. The van der Waals surface area contributed by atoms with Gasteiger partial charge in [0.05, 0.1) is 17.7 Å². The SMILES string of the molecule is CC(C)Oc1cccc(C2C(C(=O)C(C)C)=C(O)C(=O)N2CCc2ccc(F)cc2)c1. The van der Waals surface area contributed by atoms with Gasteiger partial charge in [-0.2, -0.15) is 0 Å². The van der Waals surface area contributed by atoms with Crippen LogP contribution in [-0.4, -0.2) is 34.3 Å². The highest BCUT2D eigenvalue weighted by atomic mass is 19.1. The standard InChI is InChI=1S/C25H28FNO4/c1-15(2)23(28)21-22(18-6-5-7-20(14-18)31-16(3)4)27(25(30)24(21)29)13-12-17-8-10-19(26)11-9-17/h5-11,14-16,22,29H,12-13H2,1-4H3. The van der Waals surface area contributed by atoms with Crippen molar-refractivity contribution in [2.24, 2.45) is 5.92 Å². The number of amides is 1. The monoisotopic (exact) mass is 425 g/mol. The normalized spacial score (nSPS) is 16.5. The van der Waals surface area contributed by atoms with Gasteiger partial charge in [-0.25, -0.2) is 4.39 Å². The third-order valence-electron chi connectivity index (χ3n) is 5.19. The van der Waals surface area contributed by atoms with Crippen molar-refractivity contribution in [2.75, 3.05) is 6.54 Å². The lowest BCUT2D eigenvalue weighted by Crippen LogP contribution is -2.33. The number of rotatable bonds is 8. The molecule has 0 aromatic heterocycles. The molecule has 6 heteroatoms. The maximum atomic E-state index is 13.2. The van der Waals surface area contributed by atoms with Crippen LogP contribution in [0.2, 0.25) is 0 Å². The Kier molecular flexibility index (Phi) is 6.78. The fraction of sp³-hybridized carbons (Fsp3) is 0.360. The van der Waals surface area contributed by atoms with Crippen LogP contribution in [0.3, 0.4) is 0 Å². The molecule has 2 aromatic rings. The highest BCUT2D eigenvalue weighted by Crippen LogP contribution is 2.39. The van der Waals surface area contributed by atoms with Crippen molar-refractivity contribution in [3.05, 3.63) is 76.8 Å². The van der Waals surface area contributed by atoms with Crippen molar-refractivity contribution >= 4 is 11.7 Å². The van der Waals surface area contributed by atoms with E-state index in [4.69, 9.17) is 4.74 Å². The van der Waals surface area contributed by atoms with Crippen molar-refractivity contribution in [1.29, 1.82) is 0 Å². The molecular weight excluding hydrogens is 397 g/mol. The quantitative estimate of drug-likeness (QED) is 0.661. The number of aliphatic hydroxyl groups is 1. The van der Waals surface area contributed by atoms with Crippen LogP contribution < -0.4 is 4.74 Å². The predicted octanol–water partition coefficient (Wildman–Crippen LogP) is 4.78. The minimum atomic E-state index is -0.710. The number of ketones is 1. The average molecular weight is 426 g/mol. The van der Waals surface area contributed by atoms with Gasteiger partial charge in [0.1, 0.15) is 11.6 Å². The van der Waals surface area contributed by atoms with E-state index >= 15 is 0 Å². The van der Waals surface area contributed by atoms with E-state index in [9.17, 15) is 19.1 Å². The van der Waals surface area contributed by atoms with Crippen molar-refractivity contribution in [3.8, 4) is 5.75 Å². The zero-order valence-electron chi connectivity index (χ0n) is 18.3. The minimum Gasteiger partial charge on any atom is -0.503 e. The van der Waals surface area contributed by atoms with E-state index in [2.05, 4.69) is 0 Å². The Bertz CT molecular complexity index is 995. The summed E-state index contributed by atoms with van der Waals surface area (Å²) < 4.78 is 19.0. The molecule has 1 unspecified atom stereocenters. The van der Waals surface area contributed by atoms with E-state index in [1.807, 2.05) is 32.0 Å². The molecule has 0 fully saturated rings. The fourth-order valence-corrected chi connectivity index (χ4v) is 3.72. The number of carbonyl (C=O) groups is 2. The molecule has 5 nitrogen and oxygen atoms in total. The second kappa shape index (κ2) is 9.33. The molecule has 31 heavy (non-hydrogen) atoms. The molecule has 1 aliphatic rings. The number of halogens is 1. The lowest BCUT2D eigenvalue weighted by molar-refractivity contribution is -0.129. The van der Waals surface area contributed by atoms with E-state index in [-0.39, 0.29) is 35.7 Å². The summed E-state index contributed by atoms with van der Waals surface area (Å²) in [6.07, 6.45) is 0.428. The maximum absolute atomic E-state index is 13.2. The Labute approximate surface area is 182 Å². The van der Waals surface area contributed by atoms with Crippen LogP contribution in [0.25, 0.3) is 0 Å². The molecule has 0 saturated heterocycles. The molecule has 1 heterocycles. The smallest absolute Gasteiger partial charge is 0.290 e. The molecule has 0 aliphatic carbocycles. The van der Waals surface area contributed by atoms with Crippen LogP contribution in [0.15, 0.2) is 59.9 Å². The molecule has 1 amide bonds. The lowest BCUT2D eigenvalue weighted by atomic mass is 9.91. The molecule has 0 bridgehead atoms. The van der Waals surface area contributed by atoms with Gasteiger partial charge in [0.2, 0.25) is 0 Å². The second-order valence-corrected chi connectivity index (χ2v) is 8.30. The third-order valence-corrected chi connectivity index (χ3v) is 5.19. The van der Waals surface area contributed by atoms with Crippen LogP contribution in [0.5, 0.6) is 5.75 Å². The Morgan fingerprint density at radius 1 is 1.13 bits per heavy atom. The summed E-state index contributed by atoms with van der Waals surface area (Å²) in [5, 5.41) is 10.6.